The van der Waals surface area contributed by atoms with Gasteiger partial charge in [-0.05, 0) is 41.3 Å². The largest absolute Gasteiger partial charge is 0.322 e. The summed E-state index contributed by atoms with van der Waals surface area (Å²) in [4.78, 5) is 4.58. The van der Waals surface area contributed by atoms with Gasteiger partial charge in [-0.15, -0.1) is 0 Å². The summed E-state index contributed by atoms with van der Waals surface area (Å²) in [6.45, 7) is 2.98. The maximum absolute atomic E-state index is 4.58. The van der Waals surface area contributed by atoms with Crippen LogP contribution in [-0.2, 0) is 12.0 Å². The molecule has 30 heavy (non-hydrogen) atoms. The minimum absolute atomic E-state index is 0.437. The smallest absolute Gasteiger partial charge is 0.177 e. The summed E-state index contributed by atoms with van der Waals surface area (Å²) >= 11 is 0. The van der Waals surface area contributed by atoms with E-state index in [2.05, 4.69) is 132 Å². The average Bonchev–Trinajstić information content (AvgIpc) is 3.24. The molecule has 0 bridgehead atoms. The zero-order valence-corrected chi connectivity index (χ0v) is 17.0. The summed E-state index contributed by atoms with van der Waals surface area (Å²) in [5.41, 5.74) is 6.56. The SMILES string of the molecule is CCn1[c]nc2cc(C(c3ccccc3)(c3ccccc3)c3ccccc3)ccc21. The molecule has 0 saturated carbocycles. The van der Waals surface area contributed by atoms with Crippen LogP contribution >= 0.6 is 0 Å². The highest BCUT2D eigenvalue weighted by Crippen LogP contribution is 2.45. The van der Waals surface area contributed by atoms with Gasteiger partial charge in [0.05, 0.1) is 16.4 Å². The Balaban J connectivity index is 1.89. The summed E-state index contributed by atoms with van der Waals surface area (Å²) < 4.78 is 2.06. The van der Waals surface area contributed by atoms with Gasteiger partial charge in [0.25, 0.3) is 0 Å². The van der Waals surface area contributed by atoms with E-state index < -0.39 is 5.41 Å². The molecule has 1 aromatic heterocycles. The lowest BCUT2D eigenvalue weighted by Crippen LogP contribution is -2.30. The van der Waals surface area contributed by atoms with Crippen molar-refractivity contribution in [2.45, 2.75) is 18.9 Å². The molecule has 0 N–H and O–H groups in total. The fraction of sp³-hybridized carbons (Fsp3) is 0.107. The Morgan fingerprint density at radius 3 is 1.63 bits per heavy atom. The number of nitrogens with zero attached hydrogens (tertiary/aromatic N) is 2. The minimum Gasteiger partial charge on any atom is -0.322 e. The predicted molar refractivity (Wildman–Crippen MR) is 123 cm³/mol. The third kappa shape index (κ3) is 2.84. The molecule has 2 heteroatoms. The second-order valence-corrected chi connectivity index (χ2v) is 7.51. The van der Waals surface area contributed by atoms with Crippen LogP contribution in [0.4, 0.5) is 0 Å². The summed E-state index contributed by atoms with van der Waals surface area (Å²) in [6.07, 6.45) is 3.13. The van der Waals surface area contributed by atoms with Crippen molar-refractivity contribution in [1.82, 2.24) is 9.55 Å². The summed E-state index contributed by atoms with van der Waals surface area (Å²) in [5, 5.41) is 0. The van der Waals surface area contributed by atoms with Crippen LogP contribution in [0, 0.1) is 6.33 Å². The molecule has 0 aliphatic heterocycles. The number of imidazole rings is 1. The molecule has 1 radical (unpaired) electrons. The first-order valence-electron chi connectivity index (χ1n) is 10.4. The molecule has 145 valence electrons. The molecular weight excluding hydrogens is 364 g/mol. The quantitative estimate of drug-likeness (QED) is 0.326. The van der Waals surface area contributed by atoms with Crippen molar-refractivity contribution in [1.29, 1.82) is 0 Å². The average molecular weight is 388 g/mol. The van der Waals surface area contributed by atoms with Crippen molar-refractivity contribution in [3.8, 4) is 0 Å². The number of rotatable bonds is 5. The van der Waals surface area contributed by atoms with Crippen LogP contribution in [0.2, 0.25) is 0 Å². The molecule has 0 amide bonds. The molecule has 2 nitrogen and oxygen atoms in total. The summed E-state index contributed by atoms with van der Waals surface area (Å²) in [6, 6.07) is 38.9. The molecule has 0 spiro atoms. The molecule has 4 aromatic carbocycles. The molecule has 0 unspecified atom stereocenters. The van der Waals surface area contributed by atoms with Gasteiger partial charge >= 0.3 is 0 Å². The highest BCUT2D eigenvalue weighted by Gasteiger charge is 2.38. The number of aromatic nitrogens is 2. The maximum atomic E-state index is 4.58. The molecular formula is C28H23N2. The Bertz CT molecular complexity index is 1160. The monoisotopic (exact) mass is 387 g/mol. The highest BCUT2D eigenvalue weighted by molar-refractivity contribution is 5.78. The molecule has 5 aromatic rings. The van der Waals surface area contributed by atoms with E-state index in [4.69, 9.17) is 0 Å². The first-order chi connectivity index (χ1) is 14.8. The third-order valence-electron chi connectivity index (χ3n) is 5.93. The fourth-order valence-corrected chi connectivity index (χ4v) is 4.55. The zero-order chi connectivity index (χ0) is 20.4. The van der Waals surface area contributed by atoms with E-state index in [1.165, 1.54) is 22.3 Å². The highest BCUT2D eigenvalue weighted by atomic mass is 15.0. The van der Waals surface area contributed by atoms with E-state index in [-0.39, 0.29) is 0 Å². The van der Waals surface area contributed by atoms with Gasteiger partial charge in [0.15, 0.2) is 6.33 Å². The van der Waals surface area contributed by atoms with Crippen molar-refractivity contribution >= 4 is 11.0 Å². The normalized spacial score (nSPS) is 11.6. The first kappa shape index (κ1) is 18.4. The molecule has 0 fully saturated rings. The Morgan fingerprint density at radius 1 is 0.667 bits per heavy atom. The molecule has 0 saturated heterocycles. The standard InChI is InChI=1S/C28H23N2/c1-2-30-21-29-26-20-25(18-19-27(26)30)28(22-12-6-3-7-13-22,23-14-8-4-9-15-23)24-16-10-5-11-17-24/h3-20H,2H2,1H3. The van der Waals surface area contributed by atoms with E-state index in [0.717, 1.165) is 17.6 Å². The minimum atomic E-state index is -0.437. The van der Waals surface area contributed by atoms with Gasteiger partial charge in [-0.3, -0.25) is 0 Å². The zero-order valence-electron chi connectivity index (χ0n) is 17.0. The Morgan fingerprint density at radius 2 is 1.17 bits per heavy atom. The van der Waals surface area contributed by atoms with E-state index >= 15 is 0 Å². The molecule has 1 heterocycles. The lowest BCUT2D eigenvalue weighted by molar-refractivity contribution is 0.745. The number of benzene rings is 4. The molecule has 0 atom stereocenters. The van der Waals surface area contributed by atoms with Gasteiger partial charge in [-0.1, -0.05) is 97.1 Å². The second-order valence-electron chi connectivity index (χ2n) is 7.51. The van der Waals surface area contributed by atoms with Crippen molar-refractivity contribution < 1.29 is 0 Å². The Labute approximate surface area is 177 Å². The van der Waals surface area contributed by atoms with Crippen LogP contribution in [0.5, 0.6) is 0 Å². The van der Waals surface area contributed by atoms with Gasteiger partial charge < -0.3 is 4.57 Å². The second kappa shape index (κ2) is 7.64. The van der Waals surface area contributed by atoms with Crippen molar-refractivity contribution in [3.63, 3.8) is 0 Å². The van der Waals surface area contributed by atoms with Crippen LogP contribution in [-0.4, -0.2) is 9.55 Å². The van der Waals surface area contributed by atoms with Gasteiger partial charge in [0.1, 0.15) is 0 Å². The van der Waals surface area contributed by atoms with Gasteiger partial charge in [-0.2, -0.15) is 0 Å². The first-order valence-corrected chi connectivity index (χ1v) is 10.4. The molecule has 5 rings (SSSR count). The van der Waals surface area contributed by atoms with E-state index in [1.54, 1.807) is 0 Å². The van der Waals surface area contributed by atoms with Crippen LogP contribution in [0.1, 0.15) is 29.2 Å². The van der Waals surface area contributed by atoms with Crippen LogP contribution < -0.4 is 0 Å². The fourth-order valence-electron chi connectivity index (χ4n) is 4.55. The number of fused-ring (bicyclic) bond motifs is 1. The Hall–Kier alpha value is -3.65. The molecule has 0 aliphatic carbocycles. The lowest BCUT2D eigenvalue weighted by atomic mass is 9.65. The number of hydrogen-bond donors (Lipinski definition) is 0. The van der Waals surface area contributed by atoms with E-state index in [1.807, 2.05) is 0 Å². The molecule has 0 aliphatic rings. The number of hydrogen-bond acceptors (Lipinski definition) is 1. The van der Waals surface area contributed by atoms with Gasteiger partial charge in [0, 0.05) is 6.54 Å². The third-order valence-corrected chi connectivity index (χ3v) is 5.93. The van der Waals surface area contributed by atoms with Gasteiger partial charge in [-0.25, -0.2) is 4.98 Å². The summed E-state index contributed by atoms with van der Waals surface area (Å²) in [7, 11) is 0. The van der Waals surface area contributed by atoms with Crippen LogP contribution in [0.15, 0.2) is 109 Å². The van der Waals surface area contributed by atoms with Crippen molar-refractivity contribution in [2.75, 3.05) is 0 Å². The van der Waals surface area contributed by atoms with E-state index in [0.29, 0.717) is 0 Å². The van der Waals surface area contributed by atoms with E-state index in [9.17, 15) is 0 Å². The van der Waals surface area contributed by atoms with Gasteiger partial charge in [0.2, 0.25) is 0 Å². The Kier molecular flexibility index (Phi) is 4.68. The lowest BCUT2D eigenvalue weighted by Gasteiger charge is -2.36. The number of aryl methyl sites for hydroxylation is 1. The predicted octanol–water partition coefficient (Wildman–Crippen LogP) is 6.24. The maximum Gasteiger partial charge on any atom is 0.177 e. The van der Waals surface area contributed by atoms with Crippen molar-refractivity contribution in [3.05, 3.63) is 138 Å². The topological polar surface area (TPSA) is 17.8 Å². The van der Waals surface area contributed by atoms with Crippen molar-refractivity contribution in [2.24, 2.45) is 0 Å². The van der Waals surface area contributed by atoms with Crippen LogP contribution in [0.3, 0.4) is 0 Å². The van der Waals surface area contributed by atoms with Crippen LogP contribution in [0.25, 0.3) is 11.0 Å². The summed E-state index contributed by atoms with van der Waals surface area (Å²) in [5.74, 6) is 0.